The molecule has 2 aromatic rings. The standard InChI is InChI=1S/C26H38N6O2/c1-17(2)32-25(27-16-28-32)22-15-31-12-13-34-23-7-6-19(14-21(23)24(31)29-22)18(3)30-10-8-20(9-11-30)26(4,5)33/h6-7,14-18,20,24,29,33H,8-13H2,1-5H3. The minimum atomic E-state index is -0.598. The van der Waals surface area contributed by atoms with Gasteiger partial charge in [0.15, 0.2) is 5.82 Å². The van der Waals surface area contributed by atoms with Crippen LogP contribution in [0, 0.1) is 5.92 Å². The number of aromatic nitrogens is 3. The third-order valence-electron chi connectivity index (χ3n) is 7.72. The minimum absolute atomic E-state index is 0.0119. The van der Waals surface area contributed by atoms with E-state index in [4.69, 9.17) is 4.74 Å². The first kappa shape index (κ1) is 23.2. The Bertz CT molecular complexity index is 1050. The maximum Gasteiger partial charge on any atom is 0.176 e. The normalized spacial score (nSPS) is 22.5. The van der Waals surface area contributed by atoms with Crippen molar-refractivity contribution >= 4 is 5.70 Å². The monoisotopic (exact) mass is 466 g/mol. The molecule has 5 rings (SSSR count). The minimum Gasteiger partial charge on any atom is -0.491 e. The Morgan fingerprint density at radius 2 is 1.91 bits per heavy atom. The Labute approximate surface area is 202 Å². The molecule has 2 N–H and O–H groups in total. The lowest BCUT2D eigenvalue weighted by atomic mass is 9.82. The topological polar surface area (TPSA) is 78.7 Å². The van der Waals surface area contributed by atoms with Crippen LogP contribution in [0.1, 0.15) is 82.7 Å². The van der Waals surface area contributed by atoms with Gasteiger partial charge in [-0.15, -0.1) is 0 Å². The highest BCUT2D eigenvalue weighted by Crippen LogP contribution is 2.39. The van der Waals surface area contributed by atoms with E-state index in [1.54, 1.807) is 6.33 Å². The molecule has 0 spiro atoms. The van der Waals surface area contributed by atoms with E-state index in [0.717, 1.165) is 55.3 Å². The summed E-state index contributed by atoms with van der Waals surface area (Å²) >= 11 is 0. The van der Waals surface area contributed by atoms with E-state index in [-0.39, 0.29) is 12.2 Å². The first-order chi connectivity index (χ1) is 16.2. The summed E-state index contributed by atoms with van der Waals surface area (Å²) in [6, 6.07) is 7.19. The van der Waals surface area contributed by atoms with Gasteiger partial charge in [-0.1, -0.05) is 6.07 Å². The number of nitrogens with one attached hydrogen (secondary N) is 1. The molecule has 8 heteroatoms. The summed E-state index contributed by atoms with van der Waals surface area (Å²) in [7, 11) is 0. The summed E-state index contributed by atoms with van der Waals surface area (Å²) < 4.78 is 8.08. The second-order valence-corrected chi connectivity index (χ2v) is 10.7. The van der Waals surface area contributed by atoms with Crippen LogP contribution in [0.2, 0.25) is 0 Å². The van der Waals surface area contributed by atoms with Crippen molar-refractivity contribution in [1.29, 1.82) is 0 Å². The Hall–Kier alpha value is -2.58. The van der Waals surface area contributed by atoms with Gasteiger partial charge in [0, 0.05) is 23.8 Å². The number of benzene rings is 1. The summed E-state index contributed by atoms with van der Waals surface area (Å²) in [5, 5.41) is 18.5. The number of piperidine rings is 1. The lowest BCUT2D eigenvalue weighted by Gasteiger charge is -2.40. The second kappa shape index (κ2) is 8.89. The molecule has 1 fully saturated rings. The highest BCUT2D eigenvalue weighted by Gasteiger charge is 2.35. The zero-order valence-electron chi connectivity index (χ0n) is 21.0. The van der Waals surface area contributed by atoms with Crippen LogP contribution in [-0.4, -0.2) is 61.5 Å². The van der Waals surface area contributed by atoms with Crippen LogP contribution in [0.5, 0.6) is 5.75 Å². The highest BCUT2D eigenvalue weighted by atomic mass is 16.5. The van der Waals surface area contributed by atoms with Crippen molar-refractivity contribution in [2.45, 2.75) is 71.3 Å². The van der Waals surface area contributed by atoms with Crippen LogP contribution in [-0.2, 0) is 0 Å². The molecule has 34 heavy (non-hydrogen) atoms. The highest BCUT2D eigenvalue weighted by molar-refractivity contribution is 5.61. The molecule has 1 saturated heterocycles. The van der Waals surface area contributed by atoms with Gasteiger partial charge in [-0.3, -0.25) is 4.90 Å². The summed E-state index contributed by atoms with van der Waals surface area (Å²) in [5.41, 5.74) is 2.86. The number of likely N-dealkylation sites (tertiary alicyclic amines) is 1. The first-order valence-corrected chi connectivity index (χ1v) is 12.6. The lowest BCUT2D eigenvalue weighted by molar-refractivity contribution is -0.0179. The van der Waals surface area contributed by atoms with E-state index < -0.39 is 5.60 Å². The fourth-order valence-corrected chi connectivity index (χ4v) is 5.54. The average Bonchev–Trinajstić information content (AvgIpc) is 3.42. The number of aliphatic hydroxyl groups is 1. The van der Waals surface area contributed by atoms with Crippen LogP contribution in [0.3, 0.4) is 0 Å². The molecule has 1 aromatic carbocycles. The Morgan fingerprint density at radius 3 is 2.62 bits per heavy atom. The van der Waals surface area contributed by atoms with Gasteiger partial charge in [-0.2, -0.15) is 5.10 Å². The molecule has 0 radical (unpaired) electrons. The summed E-state index contributed by atoms with van der Waals surface area (Å²) in [5.74, 6) is 2.17. The summed E-state index contributed by atoms with van der Waals surface area (Å²) in [6.07, 6.45) is 5.86. The van der Waals surface area contributed by atoms with Crippen LogP contribution >= 0.6 is 0 Å². The molecule has 3 aliphatic heterocycles. The van der Waals surface area contributed by atoms with Crippen LogP contribution in [0.4, 0.5) is 0 Å². The maximum atomic E-state index is 10.4. The SMILES string of the molecule is CC(c1ccc2c(c1)C1NC(c3ncnn3C(C)C)=CN1CCO2)N1CCC(C(C)(C)O)CC1. The summed E-state index contributed by atoms with van der Waals surface area (Å²) in [6.45, 7) is 13.9. The van der Waals surface area contributed by atoms with Gasteiger partial charge >= 0.3 is 0 Å². The van der Waals surface area contributed by atoms with E-state index in [0.29, 0.717) is 18.6 Å². The molecule has 8 nitrogen and oxygen atoms in total. The smallest absolute Gasteiger partial charge is 0.176 e. The maximum absolute atomic E-state index is 10.4. The quantitative estimate of drug-likeness (QED) is 0.696. The van der Waals surface area contributed by atoms with Gasteiger partial charge < -0.3 is 20.1 Å². The fraction of sp³-hybridized carbons (Fsp3) is 0.615. The first-order valence-electron chi connectivity index (χ1n) is 12.6. The third kappa shape index (κ3) is 4.29. The van der Waals surface area contributed by atoms with Gasteiger partial charge in [-0.05, 0) is 84.2 Å². The summed E-state index contributed by atoms with van der Waals surface area (Å²) in [4.78, 5) is 9.37. The van der Waals surface area contributed by atoms with Crippen molar-refractivity contribution in [2.75, 3.05) is 26.2 Å². The number of hydrogen-bond acceptors (Lipinski definition) is 7. The molecule has 0 amide bonds. The van der Waals surface area contributed by atoms with Crippen molar-refractivity contribution in [2.24, 2.45) is 5.92 Å². The third-order valence-corrected chi connectivity index (χ3v) is 7.72. The molecule has 0 aliphatic carbocycles. The van der Waals surface area contributed by atoms with Gasteiger partial charge in [0.1, 0.15) is 24.8 Å². The van der Waals surface area contributed by atoms with E-state index in [9.17, 15) is 5.11 Å². The van der Waals surface area contributed by atoms with E-state index in [1.165, 1.54) is 5.56 Å². The zero-order chi connectivity index (χ0) is 24.0. The number of fused-ring (bicyclic) bond motifs is 3. The van der Waals surface area contributed by atoms with E-state index in [2.05, 4.69) is 70.4 Å². The second-order valence-electron chi connectivity index (χ2n) is 10.7. The Morgan fingerprint density at radius 1 is 1.15 bits per heavy atom. The van der Waals surface area contributed by atoms with E-state index in [1.807, 2.05) is 18.5 Å². The number of ether oxygens (including phenoxy) is 1. The Balaban J connectivity index is 1.36. The van der Waals surface area contributed by atoms with Gasteiger partial charge in [-0.25, -0.2) is 9.67 Å². The molecule has 2 unspecified atom stereocenters. The van der Waals surface area contributed by atoms with Gasteiger partial charge in [0.05, 0.1) is 17.8 Å². The fourth-order valence-electron chi connectivity index (χ4n) is 5.54. The van der Waals surface area contributed by atoms with Crippen molar-refractivity contribution in [3.63, 3.8) is 0 Å². The van der Waals surface area contributed by atoms with Crippen LogP contribution < -0.4 is 10.1 Å². The van der Waals surface area contributed by atoms with Crippen molar-refractivity contribution in [3.05, 3.63) is 47.7 Å². The lowest BCUT2D eigenvalue weighted by Crippen LogP contribution is -2.42. The van der Waals surface area contributed by atoms with Crippen molar-refractivity contribution in [3.8, 4) is 5.75 Å². The predicted octanol–water partition coefficient (Wildman–Crippen LogP) is 3.70. The molecule has 184 valence electrons. The zero-order valence-corrected chi connectivity index (χ0v) is 21.0. The molecule has 0 saturated carbocycles. The number of hydrogen-bond donors (Lipinski definition) is 2. The van der Waals surface area contributed by atoms with Crippen LogP contribution in [0.15, 0.2) is 30.7 Å². The molecule has 0 bridgehead atoms. The molecule has 2 atom stereocenters. The molecular formula is C26H38N6O2. The average molecular weight is 467 g/mol. The van der Waals surface area contributed by atoms with E-state index >= 15 is 0 Å². The molecule has 3 aliphatic rings. The molecule has 1 aromatic heterocycles. The molecule has 4 heterocycles. The van der Waals surface area contributed by atoms with Crippen molar-refractivity contribution in [1.82, 2.24) is 29.9 Å². The largest absolute Gasteiger partial charge is 0.491 e. The molecular weight excluding hydrogens is 428 g/mol. The van der Waals surface area contributed by atoms with Gasteiger partial charge in [0.2, 0.25) is 0 Å². The number of rotatable bonds is 5. The van der Waals surface area contributed by atoms with Crippen LogP contribution in [0.25, 0.3) is 5.70 Å². The number of nitrogens with zero attached hydrogens (tertiary/aromatic N) is 5. The Kier molecular flexibility index (Phi) is 6.06. The predicted molar refractivity (Wildman–Crippen MR) is 132 cm³/mol. The van der Waals surface area contributed by atoms with Crippen molar-refractivity contribution < 1.29 is 9.84 Å². The van der Waals surface area contributed by atoms with Gasteiger partial charge in [0.25, 0.3) is 0 Å².